The minimum absolute atomic E-state index is 0.191. The number of imidazole rings is 1. The fourth-order valence-corrected chi connectivity index (χ4v) is 2.21. The number of aromatic nitrogens is 2. The maximum absolute atomic E-state index is 6.17. The summed E-state index contributed by atoms with van der Waals surface area (Å²) in [6.45, 7) is 0.191. The lowest BCUT2D eigenvalue weighted by Crippen LogP contribution is -2.11. The molecule has 6 heteroatoms. The van der Waals surface area contributed by atoms with Crippen LogP contribution in [0, 0.1) is 0 Å². The Morgan fingerprint density at radius 1 is 1.37 bits per heavy atom. The number of H-pyrrole nitrogens is 1. The molecule has 1 aromatic carbocycles. The van der Waals surface area contributed by atoms with Gasteiger partial charge in [-0.25, -0.2) is 4.98 Å². The monoisotopic (exact) mass is 300 g/mol. The molecular formula is C13H14Cl2N2O2. The van der Waals surface area contributed by atoms with Gasteiger partial charge in [0.2, 0.25) is 0 Å². The molecule has 0 saturated carbocycles. The third-order valence-corrected chi connectivity index (χ3v) is 3.22. The summed E-state index contributed by atoms with van der Waals surface area (Å²) in [4.78, 5) is 7.24. The van der Waals surface area contributed by atoms with Crippen molar-refractivity contribution in [2.45, 2.75) is 12.5 Å². The van der Waals surface area contributed by atoms with Crippen LogP contribution < -0.4 is 0 Å². The van der Waals surface area contributed by atoms with Crippen LogP contribution in [0.25, 0.3) is 0 Å². The van der Waals surface area contributed by atoms with Gasteiger partial charge in [-0.1, -0.05) is 29.3 Å². The molecule has 0 aliphatic rings. The summed E-state index contributed by atoms with van der Waals surface area (Å²) in [5.41, 5.74) is 0.948. The van der Waals surface area contributed by atoms with E-state index < -0.39 is 0 Å². The van der Waals surface area contributed by atoms with Crippen LogP contribution in [0.4, 0.5) is 0 Å². The number of nitrogens with zero attached hydrogens (tertiary/aromatic N) is 1. The molecule has 19 heavy (non-hydrogen) atoms. The lowest BCUT2D eigenvalue weighted by molar-refractivity contribution is -0.0755. The molecule has 0 spiro atoms. The maximum Gasteiger partial charge on any atom is 0.147 e. The third kappa shape index (κ3) is 3.94. The van der Waals surface area contributed by atoms with Gasteiger partial charge in [-0.05, 0) is 17.7 Å². The fourth-order valence-electron chi connectivity index (χ4n) is 1.73. The molecule has 1 atom stereocenters. The van der Waals surface area contributed by atoms with E-state index in [1.54, 1.807) is 31.6 Å². The van der Waals surface area contributed by atoms with Crippen molar-refractivity contribution < 1.29 is 9.47 Å². The Kier molecular flexibility index (Phi) is 5.22. The number of rotatable bonds is 6. The minimum Gasteiger partial charge on any atom is -0.359 e. The van der Waals surface area contributed by atoms with Crippen molar-refractivity contribution in [3.05, 3.63) is 52.0 Å². The SMILES string of the molecule is COCOC(Cc1ccc(Cl)cc1Cl)c1ncc[nH]1. The molecule has 2 aromatic rings. The first kappa shape index (κ1) is 14.3. The van der Waals surface area contributed by atoms with Crippen LogP contribution in [0.1, 0.15) is 17.5 Å². The van der Waals surface area contributed by atoms with Gasteiger partial charge >= 0.3 is 0 Å². The van der Waals surface area contributed by atoms with Gasteiger partial charge in [-0.3, -0.25) is 0 Å². The van der Waals surface area contributed by atoms with Gasteiger partial charge in [-0.2, -0.15) is 0 Å². The Labute approximate surface area is 121 Å². The molecule has 2 rings (SSSR count). The molecule has 1 aromatic heterocycles. The van der Waals surface area contributed by atoms with Gasteiger partial charge in [0.15, 0.2) is 0 Å². The van der Waals surface area contributed by atoms with Crippen molar-refractivity contribution >= 4 is 23.2 Å². The highest BCUT2D eigenvalue weighted by molar-refractivity contribution is 6.35. The molecule has 0 fully saturated rings. The van der Waals surface area contributed by atoms with Crippen molar-refractivity contribution in [1.29, 1.82) is 0 Å². The van der Waals surface area contributed by atoms with Crippen molar-refractivity contribution in [2.75, 3.05) is 13.9 Å². The van der Waals surface area contributed by atoms with E-state index in [9.17, 15) is 0 Å². The number of halogens is 2. The van der Waals surface area contributed by atoms with E-state index in [2.05, 4.69) is 9.97 Å². The van der Waals surface area contributed by atoms with Crippen molar-refractivity contribution in [2.24, 2.45) is 0 Å². The molecule has 4 nitrogen and oxygen atoms in total. The predicted molar refractivity (Wildman–Crippen MR) is 74.5 cm³/mol. The van der Waals surface area contributed by atoms with Gasteiger partial charge in [0.25, 0.3) is 0 Å². The van der Waals surface area contributed by atoms with Crippen LogP contribution in [-0.4, -0.2) is 23.9 Å². The Hall–Kier alpha value is -1.07. The lowest BCUT2D eigenvalue weighted by Gasteiger charge is -2.16. The summed E-state index contributed by atoms with van der Waals surface area (Å²) >= 11 is 12.0. The molecule has 0 saturated heterocycles. The van der Waals surface area contributed by atoms with E-state index in [1.807, 2.05) is 6.07 Å². The van der Waals surface area contributed by atoms with E-state index in [0.717, 1.165) is 11.4 Å². The van der Waals surface area contributed by atoms with E-state index in [0.29, 0.717) is 16.5 Å². The molecule has 0 amide bonds. The Morgan fingerprint density at radius 2 is 2.21 bits per heavy atom. The second kappa shape index (κ2) is 6.91. The van der Waals surface area contributed by atoms with Crippen LogP contribution >= 0.6 is 23.2 Å². The molecule has 1 heterocycles. The zero-order valence-electron chi connectivity index (χ0n) is 10.4. The molecule has 1 N–H and O–H groups in total. The second-order valence-electron chi connectivity index (χ2n) is 3.98. The fraction of sp³-hybridized carbons (Fsp3) is 0.308. The molecular weight excluding hydrogens is 287 g/mol. The number of hydrogen-bond donors (Lipinski definition) is 1. The van der Waals surface area contributed by atoms with Gasteiger partial charge in [0, 0.05) is 36.0 Å². The third-order valence-electron chi connectivity index (χ3n) is 2.63. The van der Waals surface area contributed by atoms with Crippen molar-refractivity contribution in [3.63, 3.8) is 0 Å². The number of nitrogens with one attached hydrogen (secondary N) is 1. The van der Waals surface area contributed by atoms with Gasteiger partial charge in [0.1, 0.15) is 18.7 Å². The highest BCUT2D eigenvalue weighted by atomic mass is 35.5. The summed E-state index contributed by atoms with van der Waals surface area (Å²) in [6, 6.07) is 5.41. The molecule has 1 unspecified atom stereocenters. The van der Waals surface area contributed by atoms with Gasteiger partial charge in [-0.15, -0.1) is 0 Å². The average Bonchev–Trinajstić information content (AvgIpc) is 2.90. The summed E-state index contributed by atoms with van der Waals surface area (Å²) in [5.74, 6) is 0.739. The largest absolute Gasteiger partial charge is 0.359 e. The standard InChI is InChI=1S/C13H14Cl2N2O2/c1-18-8-19-12(13-16-4-5-17-13)6-9-2-3-10(14)7-11(9)15/h2-5,7,12H,6,8H2,1H3,(H,16,17). The van der Waals surface area contributed by atoms with E-state index in [4.69, 9.17) is 32.7 Å². The first-order chi connectivity index (χ1) is 9.20. The highest BCUT2D eigenvalue weighted by Gasteiger charge is 2.17. The van der Waals surface area contributed by atoms with Gasteiger partial charge in [0.05, 0.1) is 0 Å². The van der Waals surface area contributed by atoms with E-state index >= 15 is 0 Å². The summed E-state index contributed by atoms with van der Waals surface area (Å²) in [7, 11) is 1.58. The van der Waals surface area contributed by atoms with Crippen LogP contribution in [-0.2, 0) is 15.9 Å². The molecule has 0 aliphatic heterocycles. The summed E-state index contributed by atoms with van der Waals surface area (Å²) < 4.78 is 10.6. The maximum atomic E-state index is 6.17. The Balaban J connectivity index is 2.15. The summed E-state index contributed by atoms with van der Waals surface area (Å²) in [6.07, 6.45) is 3.78. The van der Waals surface area contributed by atoms with Crippen LogP contribution in [0.3, 0.4) is 0 Å². The normalized spacial score (nSPS) is 12.6. The zero-order valence-corrected chi connectivity index (χ0v) is 11.9. The predicted octanol–water partition coefficient (Wildman–Crippen LogP) is 3.62. The van der Waals surface area contributed by atoms with E-state index in [1.165, 1.54) is 0 Å². The number of hydrogen-bond acceptors (Lipinski definition) is 3. The topological polar surface area (TPSA) is 47.1 Å². The first-order valence-electron chi connectivity index (χ1n) is 5.74. The number of aromatic amines is 1. The highest BCUT2D eigenvalue weighted by Crippen LogP contribution is 2.26. The number of methoxy groups -OCH3 is 1. The number of ether oxygens (including phenoxy) is 2. The Bertz CT molecular complexity index is 517. The molecule has 0 aliphatic carbocycles. The van der Waals surface area contributed by atoms with Crippen LogP contribution in [0.5, 0.6) is 0 Å². The minimum atomic E-state index is -0.242. The molecule has 102 valence electrons. The zero-order chi connectivity index (χ0) is 13.7. The molecule has 0 bridgehead atoms. The average molecular weight is 301 g/mol. The van der Waals surface area contributed by atoms with Gasteiger partial charge < -0.3 is 14.5 Å². The first-order valence-corrected chi connectivity index (χ1v) is 6.50. The summed E-state index contributed by atoms with van der Waals surface area (Å²) in [5, 5.41) is 1.23. The number of benzene rings is 1. The van der Waals surface area contributed by atoms with Crippen molar-refractivity contribution in [1.82, 2.24) is 9.97 Å². The van der Waals surface area contributed by atoms with Crippen LogP contribution in [0.15, 0.2) is 30.6 Å². The lowest BCUT2D eigenvalue weighted by atomic mass is 10.1. The van der Waals surface area contributed by atoms with E-state index in [-0.39, 0.29) is 12.9 Å². The molecule has 0 radical (unpaired) electrons. The smallest absolute Gasteiger partial charge is 0.147 e. The Morgan fingerprint density at radius 3 is 2.84 bits per heavy atom. The van der Waals surface area contributed by atoms with Crippen LogP contribution in [0.2, 0.25) is 10.0 Å². The quantitative estimate of drug-likeness (QED) is 0.829. The second-order valence-corrected chi connectivity index (χ2v) is 4.82. The van der Waals surface area contributed by atoms with Crippen molar-refractivity contribution in [3.8, 4) is 0 Å².